The summed E-state index contributed by atoms with van der Waals surface area (Å²) in [5.41, 5.74) is 4.02. The monoisotopic (exact) mass is 499 g/mol. The molecule has 5 rings (SSSR count). The highest BCUT2D eigenvalue weighted by Crippen LogP contribution is 2.22. The van der Waals surface area contributed by atoms with E-state index < -0.39 is 5.97 Å². The predicted octanol–water partition coefficient (Wildman–Crippen LogP) is 4.74. The number of para-hydroxylation sites is 1. The molecular weight excluding hydrogens is 469 g/mol. The quantitative estimate of drug-likeness (QED) is 0.378. The van der Waals surface area contributed by atoms with E-state index in [4.69, 9.17) is 0 Å². The summed E-state index contributed by atoms with van der Waals surface area (Å²) < 4.78 is 15.5. The zero-order valence-electron chi connectivity index (χ0n) is 20.6. The van der Waals surface area contributed by atoms with E-state index in [1.807, 2.05) is 12.3 Å². The van der Waals surface area contributed by atoms with Crippen LogP contribution in [-0.2, 0) is 19.5 Å². The number of aromatic carboxylic acids is 1. The number of nitrogens with zero attached hydrogens (tertiary/aromatic N) is 5. The summed E-state index contributed by atoms with van der Waals surface area (Å²) in [5.74, 6) is -0.616. The Morgan fingerprint density at radius 3 is 2.54 bits per heavy atom. The Balaban J connectivity index is 1.38. The van der Waals surface area contributed by atoms with Crippen LogP contribution in [0.4, 0.5) is 10.1 Å². The van der Waals surface area contributed by atoms with Crippen LogP contribution >= 0.6 is 0 Å². The normalized spacial score (nSPS) is 14.5. The van der Waals surface area contributed by atoms with Crippen molar-refractivity contribution in [2.75, 3.05) is 31.1 Å². The molecule has 2 aromatic heterocycles. The molecule has 4 aromatic rings. The Morgan fingerprint density at radius 1 is 0.946 bits per heavy atom. The molecular formula is C29H30FN5O2. The number of imidazole rings is 1. The molecule has 3 heterocycles. The fraction of sp³-hybridized carbons (Fsp3) is 0.276. The zero-order chi connectivity index (χ0) is 25.6. The molecule has 0 unspecified atom stereocenters. The number of anilines is 1. The van der Waals surface area contributed by atoms with Crippen molar-refractivity contribution in [3.05, 3.63) is 102 Å². The number of carboxylic acid groups (broad SMARTS) is 1. The third-order valence-corrected chi connectivity index (χ3v) is 6.81. The largest absolute Gasteiger partial charge is 0.478 e. The van der Waals surface area contributed by atoms with E-state index in [1.165, 1.54) is 30.1 Å². The molecule has 1 aliphatic rings. The molecule has 190 valence electrons. The lowest BCUT2D eigenvalue weighted by Crippen LogP contribution is -2.31. The maximum absolute atomic E-state index is 13.4. The number of halogens is 1. The maximum atomic E-state index is 13.4. The molecule has 0 aliphatic carbocycles. The van der Waals surface area contributed by atoms with Crippen molar-refractivity contribution in [3.63, 3.8) is 0 Å². The summed E-state index contributed by atoms with van der Waals surface area (Å²) >= 11 is 0. The Kier molecular flexibility index (Phi) is 7.56. The van der Waals surface area contributed by atoms with Gasteiger partial charge in [-0.15, -0.1) is 0 Å². The van der Waals surface area contributed by atoms with Crippen molar-refractivity contribution >= 4 is 11.7 Å². The number of rotatable bonds is 8. The van der Waals surface area contributed by atoms with Crippen molar-refractivity contribution in [1.82, 2.24) is 19.4 Å². The fourth-order valence-electron chi connectivity index (χ4n) is 4.82. The third kappa shape index (κ3) is 6.03. The predicted molar refractivity (Wildman–Crippen MR) is 141 cm³/mol. The van der Waals surface area contributed by atoms with Crippen LogP contribution in [0.15, 0.2) is 79.1 Å². The molecule has 2 aromatic carbocycles. The Bertz CT molecular complexity index is 1340. The van der Waals surface area contributed by atoms with Gasteiger partial charge in [0.2, 0.25) is 0 Å². The highest BCUT2D eigenvalue weighted by atomic mass is 19.1. The molecule has 0 atom stereocenters. The molecule has 0 saturated carbocycles. The van der Waals surface area contributed by atoms with Crippen LogP contribution in [-0.4, -0.2) is 56.7 Å². The van der Waals surface area contributed by atoms with Crippen LogP contribution < -0.4 is 4.90 Å². The summed E-state index contributed by atoms with van der Waals surface area (Å²) in [5, 5.41) is 9.46. The van der Waals surface area contributed by atoms with Gasteiger partial charge in [0.05, 0.1) is 17.5 Å². The smallest absolute Gasteiger partial charge is 0.335 e. The first-order valence-electron chi connectivity index (χ1n) is 12.6. The molecule has 1 N–H and O–H groups in total. The number of benzene rings is 2. The first-order chi connectivity index (χ1) is 18.1. The Labute approximate surface area is 215 Å². The number of pyridine rings is 1. The van der Waals surface area contributed by atoms with Crippen LogP contribution in [0.5, 0.6) is 0 Å². The molecule has 0 amide bonds. The van der Waals surface area contributed by atoms with Gasteiger partial charge >= 0.3 is 5.97 Å². The van der Waals surface area contributed by atoms with Gasteiger partial charge in [-0.3, -0.25) is 9.88 Å². The Hall–Kier alpha value is -4.04. The summed E-state index contributed by atoms with van der Waals surface area (Å²) in [6.45, 7) is 5.23. The van der Waals surface area contributed by atoms with Gasteiger partial charge in [0.15, 0.2) is 5.82 Å². The van der Waals surface area contributed by atoms with Crippen LogP contribution in [0.25, 0.3) is 11.5 Å². The van der Waals surface area contributed by atoms with E-state index in [9.17, 15) is 14.3 Å². The van der Waals surface area contributed by atoms with Crippen molar-refractivity contribution in [2.45, 2.75) is 25.9 Å². The minimum absolute atomic E-state index is 0.174. The summed E-state index contributed by atoms with van der Waals surface area (Å²) in [7, 11) is 0. The Morgan fingerprint density at radius 2 is 1.76 bits per heavy atom. The standard InChI is InChI=1S/C29H30FN5O2/c30-24-9-7-22(8-10-24)12-16-35-26(20-32-28(35)27-19-23(29(36)37)11-13-31-27)21-33-14-4-15-34(18-17-33)25-5-2-1-3-6-25/h1-3,5-11,13,19-20H,4,12,14-18,21H2,(H,36,37). The highest BCUT2D eigenvalue weighted by Gasteiger charge is 2.20. The number of aryl methyl sites for hydroxylation is 1. The van der Waals surface area contributed by atoms with E-state index in [-0.39, 0.29) is 11.4 Å². The summed E-state index contributed by atoms with van der Waals surface area (Å²) in [6, 6.07) is 20.1. The van der Waals surface area contributed by atoms with Crippen molar-refractivity contribution in [2.24, 2.45) is 0 Å². The van der Waals surface area contributed by atoms with Gasteiger partial charge in [0.25, 0.3) is 0 Å². The van der Waals surface area contributed by atoms with Crippen molar-refractivity contribution in [1.29, 1.82) is 0 Å². The van der Waals surface area contributed by atoms with Gasteiger partial charge in [-0.25, -0.2) is 14.2 Å². The second-order valence-electron chi connectivity index (χ2n) is 9.29. The molecule has 8 heteroatoms. The number of aromatic nitrogens is 3. The second-order valence-corrected chi connectivity index (χ2v) is 9.29. The van der Waals surface area contributed by atoms with Crippen LogP contribution in [0.3, 0.4) is 0 Å². The van der Waals surface area contributed by atoms with Gasteiger partial charge in [-0.05, 0) is 54.8 Å². The molecule has 37 heavy (non-hydrogen) atoms. The average molecular weight is 500 g/mol. The summed E-state index contributed by atoms with van der Waals surface area (Å²) in [4.78, 5) is 25.5. The molecule has 7 nitrogen and oxygen atoms in total. The van der Waals surface area contributed by atoms with Crippen LogP contribution in [0, 0.1) is 5.82 Å². The first-order valence-corrected chi connectivity index (χ1v) is 12.6. The lowest BCUT2D eigenvalue weighted by atomic mass is 10.1. The minimum atomic E-state index is -0.999. The van der Waals surface area contributed by atoms with Crippen molar-refractivity contribution < 1.29 is 14.3 Å². The lowest BCUT2D eigenvalue weighted by molar-refractivity contribution is 0.0696. The SMILES string of the molecule is O=C(O)c1ccnc(-c2ncc(CN3CCCN(c4ccccc4)CC3)n2CCc2ccc(F)cc2)c1. The van der Waals surface area contributed by atoms with Gasteiger partial charge in [0, 0.05) is 51.2 Å². The lowest BCUT2D eigenvalue weighted by Gasteiger charge is -2.24. The van der Waals surface area contributed by atoms with E-state index in [0.29, 0.717) is 24.5 Å². The average Bonchev–Trinajstić information content (AvgIpc) is 3.17. The second kappa shape index (κ2) is 11.3. The van der Waals surface area contributed by atoms with Gasteiger partial charge in [-0.2, -0.15) is 0 Å². The number of hydrogen-bond acceptors (Lipinski definition) is 5. The molecule has 0 radical (unpaired) electrons. The van der Waals surface area contributed by atoms with E-state index >= 15 is 0 Å². The van der Waals surface area contributed by atoms with Crippen LogP contribution in [0.1, 0.15) is 28.0 Å². The molecule has 1 aliphatic heterocycles. The van der Waals surface area contributed by atoms with E-state index in [1.54, 1.807) is 18.2 Å². The molecule has 1 fully saturated rings. The van der Waals surface area contributed by atoms with Gasteiger partial charge in [0.1, 0.15) is 11.5 Å². The van der Waals surface area contributed by atoms with E-state index in [0.717, 1.165) is 50.4 Å². The zero-order valence-corrected chi connectivity index (χ0v) is 20.6. The van der Waals surface area contributed by atoms with Crippen LogP contribution in [0.2, 0.25) is 0 Å². The first kappa shape index (κ1) is 24.6. The minimum Gasteiger partial charge on any atom is -0.478 e. The van der Waals surface area contributed by atoms with Gasteiger partial charge in [-0.1, -0.05) is 30.3 Å². The molecule has 0 bridgehead atoms. The third-order valence-electron chi connectivity index (χ3n) is 6.81. The van der Waals surface area contributed by atoms with Crippen molar-refractivity contribution in [3.8, 4) is 11.5 Å². The highest BCUT2D eigenvalue weighted by molar-refractivity contribution is 5.88. The number of carboxylic acids is 1. The number of hydrogen-bond donors (Lipinski definition) is 1. The maximum Gasteiger partial charge on any atom is 0.335 e. The fourth-order valence-corrected chi connectivity index (χ4v) is 4.82. The van der Waals surface area contributed by atoms with E-state index in [2.05, 4.69) is 48.6 Å². The van der Waals surface area contributed by atoms with Gasteiger partial charge < -0.3 is 14.6 Å². The molecule has 0 spiro atoms. The summed E-state index contributed by atoms with van der Waals surface area (Å²) in [6.07, 6.45) is 5.13. The number of carbonyl (C=O) groups is 1. The topological polar surface area (TPSA) is 74.5 Å². The molecule has 1 saturated heterocycles.